The monoisotopic (exact) mass is 575 g/mol. The van der Waals surface area contributed by atoms with Gasteiger partial charge in [0.1, 0.15) is 5.75 Å². The Balaban J connectivity index is 0.000000542. The Kier molecular flexibility index (Phi) is 10.2. The van der Waals surface area contributed by atoms with Crippen molar-refractivity contribution in [3.05, 3.63) is 46.9 Å². The van der Waals surface area contributed by atoms with E-state index in [2.05, 4.69) is 33.2 Å². The molecule has 2 N–H and O–H groups in total. The van der Waals surface area contributed by atoms with Gasteiger partial charge in [0.05, 0.1) is 24.2 Å². The minimum Gasteiger partial charge on any atom is -1.00 e. The quantitative estimate of drug-likeness (QED) is 0.339. The Hall–Kier alpha value is -1.29. The third-order valence-corrected chi connectivity index (χ3v) is 4.02. The van der Waals surface area contributed by atoms with Crippen LogP contribution in [0.4, 0.5) is 0 Å². The first-order valence-electron chi connectivity index (χ1n) is 7.77. The van der Waals surface area contributed by atoms with Crippen LogP contribution in [0.5, 0.6) is 5.75 Å². The van der Waals surface area contributed by atoms with E-state index in [1.54, 1.807) is 7.11 Å². The van der Waals surface area contributed by atoms with Crippen LogP contribution in [0.15, 0.2) is 29.3 Å². The van der Waals surface area contributed by atoms with Crippen LogP contribution in [-0.2, 0) is 27.5 Å². The summed E-state index contributed by atoms with van der Waals surface area (Å²) in [6.45, 7) is 6.91. The van der Waals surface area contributed by atoms with Crippen LogP contribution in [0, 0.1) is 13.8 Å². The van der Waals surface area contributed by atoms with Crippen LogP contribution in [0.2, 0.25) is 0 Å². The number of H-pyrrole nitrogens is 2. The molecule has 0 bridgehead atoms. The fourth-order valence-corrected chi connectivity index (χ4v) is 2.90. The second kappa shape index (κ2) is 10.8. The number of ether oxygens (including phenoxy) is 1. The number of methoxy groups -OCH3 is 1. The van der Waals surface area contributed by atoms with E-state index in [9.17, 15) is 0 Å². The summed E-state index contributed by atoms with van der Waals surface area (Å²) >= 11 is 0. The first-order valence-corrected chi connectivity index (χ1v) is 7.77. The van der Waals surface area contributed by atoms with E-state index in [-0.39, 0.29) is 45.9 Å². The number of fused-ring (bicyclic) bond motifs is 3. The van der Waals surface area contributed by atoms with Gasteiger partial charge in [0, 0.05) is 29.2 Å². The zero-order valence-electron chi connectivity index (χ0n) is 15.1. The van der Waals surface area contributed by atoms with Gasteiger partial charge in [-0.15, -0.1) is 0 Å². The van der Waals surface area contributed by atoms with Crippen LogP contribution >= 0.6 is 0 Å². The van der Waals surface area contributed by atoms with Gasteiger partial charge in [-0.1, -0.05) is 0 Å². The van der Waals surface area contributed by atoms with Gasteiger partial charge in [0.2, 0.25) is 0 Å². The van der Waals surface area contributed by atoms with Crippen molar-refractivity contribution in [1.82, 2.24) is 15.2 Å². The molecule has 0 amide bonds. The number of aliphatic imine (C=N–C) groups is 1. The molecule has 0 saturated heterocycles. The molecule has 144 valence electrons. The van der Waals surface area contributed by atoms with Gasteiger partial charge in [-0.25, -0.2) is 0 Å². The summed E-state index contributed by atoms with van der Waals surface area (Å²) in [5.41, 5.74) is 7.01. The molecule has 4 rings (SSSR count). The van der Waals surface area contributed by atoms with Crippen LogP contribution in [0.1, 0.15) is 29.6 Å². The number of aromatic nitrogens is 3. The van der Waals surface area contributed by atoms with E-state index in [4.69, 9.17) is 4.74 Å². The topological polar surface area (TPSA) is 66.1 Å². The molecule has 1 aliphatic heterocycles. The van der Waals surface area contributed by atoms with Crippen LogP contribution in [0.3, 0.4) is 0 Å². The Morgan fingerprint density at radius 2 is 1.81 bits per heavy atom. The minimum absolute atomic E-state index is 0. The van der Waals surface area contributed by atoms with Crippen molar-refractivity contribution in [3.63, 3.8) is 0 Å². The molecule has 1 aromatic carbocycles. The molecule has 3 aromatic rings. The molecule has 5 nitrogen and oxygen atoms in total. The maximum atomic E-state index is 5.23. The van der Waals surface area contributed by atoms with E-state index in [0.29, 0.717) is 0 Å². The molecule has 0 spiro atoms. The van der Waals surface area contributed by atoms with E-state index in [1.807, 2.05) is 32.0 Å². The second-order valence-corrected chi connectivity index (χ2v) is 5.80. The molecule has 26 heavy (non-hydrogen) atoms. The summed E-state index contributed by atoms with van der Waals surface area (Å²) in [5, 5.41) is 8.01. The fraction of sp³-hybridized carbons (Fsp3) is 0.333. The molecule has 2 aromatic heterocycles. The predicted molar refractivity (Wildman–Crippen MR) is 93.7 cm³/mol. The normalized spacial score (nSPS) is 11.6. The first-order chi connectivity index (χ1) is 11.1. The molecule has 3 heterocycles. The molecular weight excluding hydrogens is 554 g/mol. The summed E-state index contributed by atoms with van der Waals surface area (Å²) in [5.74, 6) is 0.890. The number of halogens is 2. The largest absolute Gasteiger partial charge is 2.00 e. The SMILES string of the molecule is COc1ccc2c3c([nH]c2c1)C(C)=NCC3.Cc1cc(C)[nH]n1.[Cl-].[Cl-].[Pt+2]. The Morgan fingerprint density at radius 1 is 1.08 bits per heavy atom. The maximum Gasteiger partial charge on any atom is 2.00 e. The van der Waals surface area contributed by atoms with Gasteiger partial charge >= 0.3 is 21.1 Å². The van der Waals surface area contributed by atoms with Crippen LogP contribution in [-0.4, -0.2) is 34.5 Å². The molecule has 0 saturated carbocycles. The van der Waals surface area contributed by atoms with E-state index in [1.165, 1.54) is 16.6 Å². The van der Waals surface area contributed by atoms with Crippen molar-refractivity contribution in [2.45, 2.75) is 27.2 Å². The number of nitrogens with zero attached hydrogens (tertiary/aromatic N) is 2. The third-order valence-electron chi connectivity index (χ3n) is 4.02. The molecule has 0 aliphatic carbocycles. The zero-order valence-corrected chi connectivity index (χ0v) is 18.9. The van der Waals surface area contributed by atoms with E-state index < -0.39 is 0 Å². The molecule has 0 fully saturated rings. The van der Waals surface area contributed by atoms with E-state index in [0.717, 1.165) is 41.3 Å². The van der Waals surface area contributed by atoms with Crippen molar-refractivity contribution in [3.8, 4) is 5.75 Å². The van der Waals surface area contributed by atoms with Gasteiger partial charge in [0.15, 0.2) is 0 Å². The summed E-state index contributed by atoms with van der Waals surface area (Å²) < 4.78 is 5.23. The molecule has 0 unspecified atom stereocenters. The average Bonchev–Trinajstić information content (AvgIpc) is 3.11. The predicted octanol–water partition coefficient (Wildman–Crippen LogP) is -2.43. The van der Waals surface area contributed by atoms with Crippen molar-refractivity contribution >= 4 is 16.6 Å². The Morgan fingerprint density at radius 3 is 2.35 bits per heavy atom. The molecule has 8 heteroatoms. The van der Waals surface area contributed by atoms with Gasteiger partial charge in [-0.05, 0) is 51.0 Å². The molecule has 1 aliphatic rings. The Labute approximate surface area is 180 Å². The number of rotatable bonds is 1. The smallest absolute Gasteiger partial charge is 1.00 e. The van der Waals surface area contributed by atoms with Crippen LogP contribution < -0.4 is 29.6 Å². The van der Waals surface area contributed by atoms with Crippen molar-refractivity contribution in [2.24, 2.45) is 4.99 Å². The summed E-state index contributed by atoms with van der Waals surface area (Å²) in [4.78, 5) is 7.89. The van der Waals surface area contributed by atoms with Crippen molar-refractivity contribution < 1.29 is 50.6 Å². The van der Waals surface area contributed by atoms with Crippen molar-refractivity contribution in [1.29, 1.82) is 0 Å². The van der Waals surface area contributed by atoms with E-state index >= 15 is 0 Å². The number of hydrogen-bond acceptors (Lipinski definition) is 3. The Bertz CT molecular complexity index is 857. The van der Waals surface area contributed by atoms with Crippen molar-refractivity contribution in [2.75, 3.05) is 13.7 Å². The minimum atomic E-state index is 0. The third kappa shape index (κ3) is 5.35. The maximum absolute atomic E-state index is 5.23. The van der Waals surface area contributed by atoms with Crippen LogP contribution in [0.25, 0.3) is 10.9 Å². The summed E-state index contributed by atoms with van der Waals surface area (Å²) in [7, 11) is 1.69. The fourth-order valence-electron chi connectivity index (χ4n) is 2.90. The number of aromatic amines is 2. The zero-order chi connectivity index (χ0) is 16.4. The number of nitrogens with one attached hydrogen (secondary N) is 2. The second-order valence-electron chi connectivity index (χ2n) is 5.80. The summed E-state index contributed by atoms with van der Waals surface area (Å²) in [6, 6.07) is 8.18. The number of hydrogen-bond donors (Lipinski definition) is 2. The first kappa shape index (κ1) is 24.7. The molecular formula is C18H22Cl2N4OPt. The van der Waals surface area contributed by atoms with Gasteiger partial charge in [-0.3, -0.25) is 10.1 Å². The summed E-state index contributed by atoms with van der Waals surface area (Å²) in [6.07, 6.45) is 1.03. The van der Waals surface area contributed by atoms with Gasteiger partial charge in [-0.2, -0.15) is 5.10 Å². The molecule has 0 atom stereocenters. The number of benzene rings is 1. The van der Waals surface area contributed by atoms with Gasteiger partial charge < -0.3 is 34.5 Å². The average molecular weight is 576 g/mol. The molecule has 0 radical (unpaired) electrons. The van der Waals surface area contributed by atoms with Gasteiger partial charge in [0.25, 0.3) is 0 Å². The standard InChI is InChI=1S/C13H14N2O.C5H8N2.2ClH.Pt/c1-8-13-11(5-6-14-8)10-4-3-9(16-2)7-12(10)15-13;1-4-3-5(2)7-6-4;;;/h3-4,7,15H,5-6H2,1-2H3;3H,1-2H3,(H,6,7);2*1H;/q;;;;+2/p-2. The number of aryl methyl sites for hydroxylation is 2.